The molecule has 0 fully saturated rings. The van der Waals surface area contributed by atoms with Gasteiger partial charge >= 0.3 is 5.97 Å². The second-order valence-electron chi connectivity index (χ2n) is 12.4. The lowest BCUT2D eigenvalue weighted by Gasteiger charge is -2.34. The van der Waals surface area contributed by atoms with Crippen LogP contribution >= 0.6 is 11.6 Å². The van der Waals surface area contributed by atoms with E-state index in [0.717, 1.165) is 71.7 Å². The van der Waals surface area contributed by atoms with Crippen molar-refractivity contribution in [1.82, 2.24) is 9.88 Å². The Hall–Kier alpha value is -3.00. The summed E-state index contributed by atoms with van der Waals surface area (Å²) in [5.41, 5.74) is 6.71. The van der Waals surface area contributed by atoms with Crippen LogP contribution in [0.3, 0.4) is 0 Å². The van der Waals surface area contributed by atoms with Gasteiger partial charge in [0.2, 0.25) is 0 Å². The van der Waals surface area contributed by atoms with Crippen LogP contribution in [-0.2, 0) is 35.3 Å². The quantitative estimate of drug-likeness (QED) is 0.293. The molecule has 0 bridgehead atoms. The number of ether oxygens (including phenoxy) is 2. The summed E-state index contributed by atoms with van der Waals surface area (Å²) in [6.45, 7) is 12.2. The van der Waals surface area contributed by atoms with Crippen LogP contribution in [0, 0.1) is 19.7 Å². The van der Waals surface area contributed by atoms with E-state index in [1.54, 1.807) is 0 Å². The number of halogens is 2. The molecule has 3 aromatic rings. The monoisotopic (exact) mass is 594 g/mol. The molecule has 1 atom stereocenters. The number of hydrogen-bond donors (Lipinski definition) is 1. The normalized spacial score (nSPS) is 16.0. The first-order valence-electron chi connectivity index (χ1n) is 14.8. The van der Waals surface area contributed by atoms with Crippen LogP contribution in [0.5, 0.6) is 5.75 Å². The molecule has 8 heteroatoms. The molecular weight excluding hydrogens is 555 g/mol. The van der Waals surface area contributed by atoms with Crippen molar-refractivity contribution in [2.45, 2.75) is 85.0 Å². The largest absolute Gasteiger partial charge is 0.490 e. The van der Waals surface area contributed by atoms with Crippen LogP contribution in [0.4, 0.5) is 4.39 Å². The molecule has 0 amide bonds. The maximum atomic E-state index is 15.6. The van der Waals surface area contributed by atoms with Crippen LogP contribution in [0.25, 0.3) is 11.1 Å². The third kappa shape index (κ3) is 6.48. The minimum absolute atomic E-state index is 0.313. The van der Waals surface area contributed by atoms with E-state index in [9.17, 15) is 9.90 Å². The highest BCUT2D eigenvalue weighted by molar-refractivity contribution is 6.30. The Morgan fingerprint density at radius 2 is 1.93 bits per heavy atom. The number of fused-ring (bicyclic) bond motifs is 2. The molecule has 0 saturated carbocycles. The molecule has 0 spiro atoms. The van der Waals surface area contributed by atoms with E-state index >= 15 is 4.39 Å². The fourth-order valence-corrected chi connectivity index (χ4v) is 6.37. The van der Waals surface area contributed by atoms with Gasteiger partial charge in [0.25, 0.3) is 0 Å². The minimum Gasteiger partial charge on any atom is -0.490 e. The van der Waals surface area contributed by atoms with Crippen molar-refractivity contribution in [2.75, 3.05) is 19.7 Å². The number of carboxylic acids is 1. The van der Waals surface area contributed by atoms with Crippen LogP contribution in [0.1, 0.15) is 78.9 Å². The molecule has 1 unspecified atom stereocenters. The average Bonchev–Trinajstić information content (AvgIpc) is 2.94. The lowest BCUT2D eigenvalue weighted by molar-refractivity contribution is -0.160. The maximum absolute atomic E-state index is 15.6. The Kier molecular flexibility index (Phi) is 8.93. The number of carboxylic acid groups (broad SMARTS) is 1. The smallest absolute Gasteiger partial charge is 0.337 e. The predicted octanol–water partition coefficient (Wildman–Crippen LogP) is 7.41. The number of aromatic nitrogens is 1. The summed E-state index contributed by atoms with van der Waals surface area (Å²) >= 11 is 6.05. The Morgan fingerprint density at radius 3 is 2.62 bits per heavy atom. The summed E-state index contributed by atoms with van der Waals surface area (Å²) in [5, 5.41) is 11.2. The van der Waals surface area contributed by atoms with Gasteiger partial charge in [0.15, 0.2) is 17.7 Å². The average molecular weight is 595 g/mol. The van der Waals surface area contributed by atoms with E-state index in [-0.39, 0.29) is 0 Å². The summed E-state index contributed by atoms with van der Waals surface area (Å²) in [6, 6.07) is 9.47. The van der Waals surface area contributed by atoms with Gasteiger partial charge in [-0.2, -0.15) is 0 Å². The minimum atomic E-state index is -1.26. The van der Waals surface area contributed by atoms with Crippen molar-refractivity contribution in [2.24, 2.45) is 0 Å². The van der Waals surface area contributed by atoms with Gasteiger partial charge in [0.1, 0.15) is 0 Å². The first kappa shape index (κ1) is 30.5. The molecule has 0 radical (unpaired) electrons. The predicted molar refractivity (Wildman–Crippen MR) is 163 cm³/mol. The van der Waals surface area contributed by atoms with Gasteiger partial charge in [-0.1, -0.05) is 23.7 Å². The number of nitrogens with zero attached hydrogens (tertiary/aromatic N) is 2. The molecule has 3 heterocycles. The summed E-state index contributed by atoms with van der Waals surface area (Å²) in [5.74, 6) is -1.20. The van der Waals surface area contributed by atoms with Crippen LogP contribution in [0.15, 0.2) is 30.3 Å². The lowest BCUT2D eigenvalue weighted by atomic mass is 9.83. The van der Waals surface area contributed by atoms with E-state index in [4.69, 9.17) is 26.1 Å². The van der Waals surface area contributed by atoms with Crippen molar-refractivity contribution in [3.63, 3.8) is 0 Å². The number of aryl methyl sites for hydroxylation is 2. The fraction of sp³-hybridized carbons (Fsp3) is 0.471. The third-order valence-electron chi connectivity index (χ3n) is 8.17. The maximum Gasteiger partial charge on any atom is 0.337 e. The zero-order chi connectivity index (χ0) is 30.2. The molecule has 0 aliphatic carbocycles. The van der Waals surface area contributed by atoms with E-state index in [1.807, 2.05) is 46.8 Å². The van der Waals surface area contributed by atoms with Gasteiger partial charge in [-0.3, -0.25) is 9.88 Å². The van der Waals surface area contributed by atoms with Crippen molar-refractivity contribution in [3.05, 3.63) is 80.4 Å². The number of aliphatic carboxylic acids is 1. The van der Waals surface area contributed by atoms with E-state index < -0.39 is 23.5 Å². The first-order chi connectivity index (χ1) is 19.9. The molecule has 224 valence electrons. The number of rotatable bonds is 8. The molecule has 2 aliphatic heterocycles. The van der Waals surface area contributed by atoms with Gasteiger partial charge in [-0.25, -0.2) is 9.18 Å². The standard InChI is InChI=1S/C34H40ClFN2O4/c1-20-24-9-7-17-41-31(24)27(36)18-25(20)30-26-19-38(15-6-8-22-10-12-23(35)13-11-22)16-14-28(26)37-21(2)29(30)32(33(39)40)42-34(3,4)5/h10-13,18,32H,6-9,14-17,19H2,1-5H3,(H,39,40). The second kappa shape index (κ2) is 12.3. The van der Waals surface area contributed by atoms with Gasteiger partial charge in [-0.05, 0) is 113 Å². The molecule has 0 saturated heterocycles. The van der Waals surface area contributed by atoms with Crippen molar-refractivity contribution in [1.29, 1.82) is 0 Å². The highest BCUT2D eigenvalue weighted by Gasteiger charge is 2.36. The van der Waals surface area contributed by atoms with Crippen LogP contribution in [0.2, 0.25) is 5.02 Å². The highest BCUT2D eigenvalue weighted by Crippen LogP contribution is 2.44. The SMILES string of the molecule is Cc1nc2c(c(-c3cc(F)c4c(c3C)CCCO4)c1C(OC(C)(C)C)C(=O)O)CN(CCCc1ccc(Cl)cc1)CC2. The molecule has 1 N–H and O–H groups in total. The zero-order valence-electron chi connectivity index (χ0n) is 25.2. The Balaban J connectivity index is 1.60. The molecule has 5 rings (SSSR count). The number of benzene rings is 2. The summed E-state index contributed by atoms with van der Waals surface area (Å²) in [7, 11) is 0. The van der Waals surface area contributed by atoms with Crippen LogP contribution < -0.4 is 4.74 Å². The van der Waals surface area contributed by atoms with E-state index in [2.05, 4.69) is 17.0 Å². The summed E-state index contributed by atoms with van der Waals surface area (Å²) < 4.78 is 27.5. The van der Waals surface area contributed by atoms with E-state index in [1.165, 1.54) is 11.6 Å². The van der Waals surface area contributed by atoms with Gasteiger partial charge in [-0.15, -0.1) is 0 Å². The van der Waals surface area contributed by atoms with Crippen molar-refractivity contribution >= 4 is 17.6 Å². The van der Waals surface area contributed by atoms with Gasteiger partial charge in [0.05, 0.1) is 12.2 Å². The zero-order valence-corrected chi connectivity index (χ0v) is 25.9. The number of pyridine rings is 1. The van der Waals surface area contributed by atoms with Gasteiger partial charge < -0.3 is 14.6 Å². The molecule has 2 aromatic carbocycles. The summed E-state index contributed by atoms with van der Waals surface area (Å²) in [6.07, 6.45) is 2.90. The van der Waals surface area contributed by atoms with Gasteiger partial charge in [0, 0.05) is 47.0 Å². The number of hydrogen-bond acceptors (Lipinski definition) is 5. The fourth-order valence-electron chi connectivity index (χ4n) is 6.24. The molecule has 1 aromatic heterocycles. The lowest BCUT2D eigenvalue weighted by Crippen LogP contribution is -2.34. The first-order valence-corrected chi connectivity index (χ1v) is 15.2. The topological polar surface area (TPSA) is 71.9 Å². The Labute approximate surface area is 252 Å². The third-order valence-corrected chi connectivity index (χ3v) is 8.43. The molecular formula is C34H40ClFN2O4. The van der Waals surface area contributed by atoms with Crippen molar-refractivity contribution < 1.29 is 23.8 Å². The van der Waals surface area contributed by atoms with E-state index in [0.29, 0.717) is 42.1 Å². The Bertz CT molecular complexity index is 1480. The molecule has 6 nitrogen and oxygen atoms in total. The molecule has 2 aliphatic rings. The number of carbonyl (C=O) groups is 1. The highest BCUT2D eigenvalue weighted by atomic mass is 35.5. The van der Waals surface area contributed by atoms with Crippen LogP contribution in [-0.4, -0.2) is 46.3 Å². The summed E-state index contributed by atoms with van der Waals surface area (Å²) in [4.78, 5) is 20.1. The Morgan fingerprint density at radius 1 is 1.19 bits per heavy atom. The second-order valence-corrected chi connectivity index (χ2v) is 12.8. The van der Waals surface area contributed by atoms with Crippen molar-refractivity contribution in [3.8, 4) is 16.9 Å². The molecule has 42 heavy (non-hydrogen) atoms.